The van der Waals surface area contributed by atoms with Crippen LogP contribution in [0.1, 0.15) is 24.8 Å². The fourth-order valence-corrected chi connectivity index (χ4v) is 1.55. The molecule has 0 saturated heterocycles. The first-order valence-corrected chi connectivity index (χ1v) is 6.97. The van der Waals surface area contributed by atoms with Crippen molar-refractivity contribution >= 4 is 0 Å². The van der Waals surface area contributed by atoms with Gasteiger partial charge < -0.3 is 14.2 Å². The molecule has 0 aliphatic carbocycles. The molecule has 0 heterocycles. The van der Waals surface area contributed by atoms with Gasteiger partial charge in [0, 0.05) is 32.8 Å². The van der Waals surface area contributed by atoms with Crippen LogP contribution in [0, 0.1) is 13.8 Å². The van der Waals surface area contributed by atoms with Crippen molar-refractivity contribution in [2.75, 3.05) is 33.0 Å². The van der Waals surface area contributed by atoms with Gasteiger partial charge in [0.1, 0.15) is 5.75 Å². The van der Waals surface area contributed by atoms with Crippen molar-refractivity contribution in [2.24, 2.45) is 0 Å². The third kappa shape index (κ3) is 8.62. The minimum Gasteiger partial charge on any atom is -0.494 e. The van der Waals surface area contributed by atoms with Crippen LogP contribution in [0.15, 0.2) is 24.3 Å². The van der Waals surface area contributed by atoms with Crippen molar-refractivity contribution in [1.29, 1.82) is 0 Å². The van der Waals surface area contributed by atoms with Gasteiger partial charge in [-0.25, -0.2) is 0 Å². The van der Waals surface area contributed by atoms with Crippen molar-refractivity contribution in [2.45, 2.75) is 26.2 Å². The number of rotatable bonds is 11. The summed E-state index contributed by atoms with van der Waals surface area (Å²) in [5, 5.41) is 0. The molecule has 1 rings (SSSR count). The van der Waals surface area contributed by atoms with Crippen LogP contribution < -0.4 is 4.74 Å². The predicted molar refractivity (Wildman–Crippen MR) is 77.5 cm³/mol. The van der Waals surface area contributed by atoms with E-state index in [1.54, 1.807) is 0 Å². The number of ether oxygens (including phenoxy) is 3. The molecule has 0 bridgehead atoms. The van der Waals surface area contributed by atoms with Gasteiger partial charge in [0.25, 0.3) is 0 Å². The Hall–Kier alpha value is -1.06. The first-order valence-electron chi connectivity index (χ1n) is 6.97. The Morgan fingerprint density at radius 1 is 0.842 bits per heavy atom. The monoisotopic (exact) mass is 265 g/mol. The molecule has 0 atom stereocenters. The number of hydrogen-bond acceptors (Lipinski definition) is 3. The maximum absolute atomic E-state index is 5.61. The number of aryl methyl sites for hydroxylation is 1. The maximum Gasteiger partial charge on any atom is 0.119 e. The molecular formula is C16H25O3. The molecule has 0 saturated carbocycles. The first-order chi connectivity index (χ1) is 9.33. The van der Waals surface area contributed by atoms with Gasteiger partial charge in [-0.15, -0.1) is 0 Å². The second-order valence-electron chi connectivity index (χ2n) is 4.45. The lowest BCUT2D eigenvalue weighted by atomic mass is 10.2. The van der Waals surface area contributed by atoms with E-state index in [4.69, 9.17) is 14.2 Å². The summed E-state index contributed by atoms with van der Waals surface area (Å²) in [5.74, 6) is 0.923. The highest BCUT2D eigenvalue weighted by atomic mass is 16.5. The number of benzene rings is 1. The molecule has 1 aromatic rings. The van der Waals surface area contributed by atoms with Gasteiger partial charge in [-0.05, 0) is 31.9 Å². The summed E-state index contributed by atoms with van der Waals surface area (Å²) in [6.07, 6.45) is 2.68. The standard InChI is InChI=1S/C16H25O3/c1-3-10-17-11-4-12-18-13-5-14-19-16-8-6-15(2)7-9-16/h6-9H,1,3-5,10-14H2,2H3. The molecule has 0 aliphatic rings. The zero-order valence-electron chi connectivity index (χ0n) is 11.9. The van der Waals surface area contributed by atoms with E-state index in [0.717, 1.165) is 51.4 Å². The Morgan fingerprint density at radius 3 is 2.05 bits per heavy atom. The molecule has 19 heavy (non-hydrogen) atoms. The molecule has 107 valence electrons. The average Bonchev–Trinajstić information content (AvgIpc) is 2.43. The van der Waals surface area contributed by atoms with Crippen molar-refractivity contribution in [1.82, 2.24) is 0 Å². The molecule has 0 unspecified atom stereocenters. The SMILES string of the molecule is [CH2]CCOCCCOCCCOc1ccc(C)cc1. The summed E-state index contributed by atoms with van der Waals surface area (Å²) in [5.41, 5.74) is 1.25. The van der Waals surface area contributed by atoms with Gasteiger partial charge in [0.15, 0.2) is 0 Å². The van der Waals surface area contributed by atoms with Crippen LogP contribution in [0.3, 0.4) is 0 Å². The second-order valence-corrected chi connectivity index (χ2v) is 4.45. The summed E-state index contributed by atoms with van der Waals surface area (Å²) in [6.45, 7) is 9.47. The van der Waals surface area contributed by atoms with Crippen LogP contribution in [0.4, 0.5) is 0 Å². The highest BCUT2D eigenvalue weighted by Crippen LogP contribution is 2.11. The minimum absolute atomic E-state index is 0.696. The van der Waals surface area contributed by atoms with E-state index in [0.29, 0.717) is 6.61 Å². The largest absolute Gasteiger partial charge is 0.494 e. The van der Waals surface area contributed by atoms with Crippen LogP contribution in [0.2, 0.25) is 0 Å². The van der Waals surface area contributed by atoms with Gasteiger partial charge in [-0.1, -0.05) is 24.6 Å². The Bertz CT molecular complexity index is 308. The fraction of sp³-hybridized carbons (Fsp3) is 0.562. The quantitative estimate of drug-likeness (QED) is 0.574. The van der Waals surface area contributed by atoms with Crippen molar-refractivity contribution in [3.63, 3.8) is 0 Å². The van der Waals surface area contributed by atoms with E-state index >= 15 is 0 Å². The molecular weight excluding hydrogens is 240 g/mol. The highest BCUT2D eigenvalue weighted by molar-refractivity contribution is 5.26. The molecule has 0 N–H and O–H groups in total. The van der Waals surface area contributed by atoms with Crippen LogP contribution in [-0.4, -0.2) is 33.0 Å². The van der Waals surface area contributed by atoms with E-state index in [1.807, 2.05) is 12.1 Å². The summed E-state index contributed by atoms with van der Waals surface area (Å²) >= 11 is 0. The lowest BCUT2D eigenvalue weighted by Gasteiger charge is -2.07. The first kappa shape index (κ1) is 16.0. The molecule has 0 fully saturated rings. The topological polar surface area (TPSA) is 27.7 Å². The lowest BCUT2D eigenvalue weighted by molar-refractivity contribution is 0.0789. The van der Waals surface area contributed by atoms with E-state index in [9.17, 15) is 0 Å². The lowest BCUT2D eigenvalue weighted by Crippen LogP contribution is -2.06. The Labute approximate surface area is 116 Å². The van der Waals surface area contributed by atoms with E-state index in [-0.39, 0.29) is 0 Å². The summed E-state index contributed by atoms with van der Waals surface area (Å²) in [6, 6.07) is 8.10. The van der Waals surface area contributed by atoms with Gasteiger partial charge in [0.05, 0.1) is 6.61 Å². The molecule has 0 spiro atoms. The Morgan fingerprint density at radius 2 is 1.42 bits per heavy atom. The molecule has 3 nitrogen and oxygen atoms in total. The van der Waals surface area contributed by atoms with Crippen LogP contribution in [-0.2, 0) is 9.47 Å². The van der Waals surface area contributed by atoms with Gasteiger partial charge >= 0.3 is 0 Å². The van der Waals surface area contributed by atoms with Crippen LogP contribution >= 0.6 is 0 Å². The van der Waals surface area contributed by atoms with Crippen LogP contribution in [0.25, 0.3) is 0 Å². The molecule has 1 aromatic carbocycles. The molecule has 0 aliphatic heterocycles. The second kappa shape index (κ2) is 10.8. The molecule has 0 amide bonds. The van der Waals surface area contributed by atoms with E-state index in [1.165, 1.54) is 5.56 Å². The van der Waals surface area contributed by atoms with Gasteiger partial charge in [0.2, 0.25) is 0 Å². The normalized spacial score (nSPS) is 10.6. The highest BCUT2D eigenvalue weighted by Gasteiger charge is 1.94. The molecule has 3 heteroatoms. The minimum atomic E-state index is 0.696. The third-order valence-electron chi connectivity index (χ3n) is 2.59. The van der Waals surface area contributed by atoms with Crippen molar-refractivity contribution in [3.05, 3.63) is 36.8 Å². The fourth-order valence-electron chi connectivity index (χ4n) is 1.55. The van der Waals surface area contributed by atoms with E-state index < -0.39 is 0 Å². The van der Waals surface area contributed by atoms with Crippen molar-refractivity contribution < 1.29 is 14.2 Å². The van der Waals surface area contributed by atoms with Crippen molar-refractivity contribution in [3.8, 4) is 5.75 Å². The predicted octanol–water partition coefficient (Wildman–Crippen LogP) is 3.41. The number of hydrogen-bond donors (Lipinski definition) is 0. The molecule has 1 radical (unpaired) electrons. The smallest absolute Gasteiger partial charge is 0.119 e. The Kier molecular flexibility index (Phi) is 9.11. The van der Waals surface area contributed by atoms with Gasteiger partial charge in [-0.3, -0.25) is 0 Å². The molecule has 0 aromatic heterocycles. The van der Waals surface area contributed by atoms with Gasteiger partial charge in [-0.2, -0.15) is 0 Å². The zero-order chi connectivity index (χ0) is 13.8. The van der Waals surface area contributed by atoms with Crippen LogP contribution in [0.5, 0.6) is 5.75 Å². The third-order valence-corrected chi connectivity index (χ3v) is 2.59. The summed E-state index contributed by atoms with van der Waals surface area (Å²) < 4.78 is 16.4. The average molecular weight is 265 g/mol. The Balaban J connectivity index is 1.87. The summed E-state index contributed by atoms with van der Waals surface area (Å²) in [7, 11) is 0. The zero-order valence-corrected chi connectivity index (χ0v) is 11.9. The maximum atomic E-state index is 5.61. The summed E-state index contributed by atoms with van der Waals surface area (Å²) in [4.78, 5) is 0. The van der Waals surface area contributed by atoms with E-state index in [2.05, 4.69) is 26.0 Å².